The van der Waals surface area contributed by atoms with Crippen molar-refractivity contribution in [2.24, 2.45) is 0 Å². The molecule has 5 nitrogen and oxygen atoms in total. The number of sulfonamides is 1. The quantitative estimate of drug-likeness (QED) is 0.443. The summed E-state index contributed by atoms with van der Waals surface area (Å²) in [7, 11) is -3.57. The van der Waals surface area contributed by atoms with Crippen molar-refractivity contribution >= 4 is 26.6 Å². The van der Waals surface area contributed by atoms with Crippen LogP contribution in [0.15, 0.2) is 79.0 Å². The van der Waals surface area contributed by atoms with Crippen molar-refractivity contribution in [3.05, 3.63) is 90.4 Å². The van der Waals surface area contributed by atoms with E-state index in [-0.39, 0.29) is 11.9 Å². The van der Waals surface area contributed by atoms with Gasteiger partial charge in [0.15, 0.2) is 0 Å². The molecule has 0 radical (unpaired) electrons. The van der Waals surface area contributed by atoms with Gasteiger partial charge in [-0.25, -0.2) is 17.5 Å². The zero-order valence-corrected chi connectivity index (χ0v) is 18.1. The zero-order valence-electron chi connectivity index (χ0n) is 17.2. The molecule has 31 heavy (non-hydrogen) atoms. The average Bonchev–Trinajstić information content (AvgIpc) is 3.25. The van der Waals surface area contributed by atoms with Gasteiger partial charge in [0, 0.05) is 5.39 Å². The summed E-state index contributed by atoms with van der Waals surface area (Å²) in [6.45, 7) is 3.56. The van der Waals surface area contributed by atoms with E-state index < -0.39 is 14.8 Å². The van der Waals surface area contributed by atoms with E-state index >= 15 is 0 Å². The van der Waals surface area contributed by atoms with Crippen molar-refractivity contribution in [1.82, 2.24) is 9.78 Å². The van der Waals surface area contributed by atoms with Crippen LogP contribution in [0.5, 0.6) is 0 Å². The molecule has 1 aliphatic rings. The molecule has 0 amide bonds. The van der Waals surface area contributed by atoms with E-state index in [1.807, 2.05) is 48.5 Å². The summed E-state index contributed by atoms with van der Waals surface area (Å²) in [4.78, 5) is 0. The standard InChI is InChI=1S/C24H22FN3O2S/c1-24(2)15-23(17-6-4-3-5-7-17)28(31(24,29)30)21-12-13-22-18(14-21)16-26-27(22)20-10-8-19(25)9-11-20/h3-14,16,23H,15H2,1-2H3/t23-/m0/s1. The van der Waals surface area contributed by atoms with Gasteiger partial charge in [-0.15, -0.1) is 0 Å². The summed E-state index contributed by atoms with van der Waals surface area (Å²) in [5.41, 5.74) is 3.15. The van der Waals surface area contributed by atoms with Crippen LogP contribution in [0.3, 0.4) is 0 Å². The smallest absolute Gasteiger partial charge is 0.241 e. The lowest BCUT2D eigenvalue weighted by Crippen LogP contribution is -2.35. The van der Waals surface area contributed by atoms with Crippen molar-refractivity contribution in [2.45, 2.75) is 31.1 Å². The summed E-state index contributed by atoms with van der Waals surface area (Å²) < 4.78 is 42.6. The fraction of sp³-hybridized carbons (Fsp3) is 0.208. The van der Waals surface area contributed by atoms with E-state index in [1.165, 1.54) is 12.1 Å². The molecule has 0 aliphatic carbocycles. The fourth-order valence-electron chi connectivity index (χ4n) is 4.28. The minimum atomic E-state index is -3.57. The molecule has 0 bridgehead atoms. The van der Waals surface area contributed by atoms with Crippen molar-refractivity contribution in [3.8, 4) is 5.69 Å². The first kappa shape index (κ1) is 19.8. The Hall–Kier alpha value is -3.19. The number of anilines is 1. The van der Waals surface area contributed by atoms with Crippen LogP contribution < -0.4 is 4.31 Å². The normalized spacial score (nSPS) is 19.7. The highest BCUT2D eigenvalue weighted by Gasteiger charge is 2.51. The number of halogens is 1. The SMILES string of the molecule is CC1(C)C[C@@H](c2ccccc2)N(c2ccc3c(cnn3-c3ccc(F)cc3)c2)S1(=O)=O. The first-order valence-corrected chi connectivity index (χ1v) is 11.5. The van der Waals surface area contributed by atoms with Crippen molar-refractivity contribution in [1.29, 1.82) is 0 Å². The highest BCUT2D eigenvalue weighted by Crippen LogP contribution is 2.47. The number of nitrogens with zero attached hydrogens (tertiary/aromatic N) is 3. The van der Waals surface area contributed by atoms with Crippen LogP contribution in [0.4, 0.5) is 10.1 Å². The van der Waals surface area contributed by atoms with Gasteiger partial charge in [0.25, 0.3) is 0 Å². The van der Waals surface area contributed by atoms with Crippen LogP contribution in [-0.4, -0.2) is 22.9 Å². The maximum atomic E-state index is 13.5. The van der Waals surface area contributed by atoms with Crippen molar-refractivity contribution in [2.75, 3.05) is 4.31 Å². The molecule has 1 saturated heterocycles. The molecule has 5 rings (SSSR count). The molecule has 158 valence electrons. The van der Waals surface area contributed by atoms with Gasteiger partial charge in [0.2, 0.25) is 10.0 Å². The van der Waals surface area contributed by atoms with E-state index in [1.54, 1.807) is 41.2 Å². The minimum absolute atomic E-state index is 0.272. The first-order valence-electron chi connectivity index (χ1n) is 10.1. The Kier molecular flexibility index (Phi) is 4.41. The minimum Gasteiger partial charge on any atom is -0.262 e. The lowest BCUT2D eigenvalue weighted by Gasteiger charge is -2.26. The molecule has 2 heterocycles. The second-order valence-electron chi connectivity index (χ2n) is 8.47. The molecule has 4 aromatic rings. The molecule has 0 spiro atoms. The summed E-state index contributed by atoms with van der Waals surface area (Å²) >= 11 is 0. The third-order valence-electron chi connectivity index (χ3n) is 5.99. The predicted molar refractivity (Wildman–Crippen MR) is 120 cm³/mol. The van der Waals surface area contributed by atoms with Gasteiger partial charge in [-0.3, -0.25) is 4.31 Å². The van der Waals surface area contributed by atoms with Crippen LogP contribution in [0.25, 0.3) is 16.6 Å². The fourth-order valence-corrected chi connectivity index (χ4v) is 6.10. The highest BCUT2D eigenvalue weighted by molar-refractivity contribution is 7.94. The lowest BCUT2D eigenvalue weighted by molar-refractivity contribution is 0.549. The maximum Gasteiger partial charge on any atom is 0.241 e. The topological polar surface area (TPSA) is 55.2 Å². The summed E-state index contributed by atoms with van der Waals surface area (Å²) in [5, 5.41) is 5.24. The zero-order chi connectivity index (χ0) is 21.8. The average molecular weight is 436 g/mol. The summed E-state index contributed by atoms with van der Waals surface area (Å²) in [6.07, 6.45) is 2.21. The van der Waals surface area contributed by atoms with Gasteiger partial charge in [-0.1, -0.05) is 30.3 Å². The van der Waals surface area contributed by atoms with Crippen LogP contribution in [0.1, 0.15) is 31.9 Å². The highest BCUT2D eigenvalue weighted by atomic mass is 32.2. The van der Waals surface area contributed by atoms with Gasteiger partial charge in [0.1, 0.15) is 5.82 Å². The van der Waals surface area contributed by atoms with Crippen molar-refractivity contribution in [3.63, 3.8) is 0 Å². The Labute approximate surface area is 180 Å². The number of hydrogen-bond donors (Lipinski definition) is 0. The molecule has 0 saturated carbocycles. The monoisotopic (exact) mass is 435 g/mol. The van der Waals surface area contributed by atoms with E-state index in [9.17, 15) is 12.8 Å². The second-order valence-corrected chi connectivity index (χ2v) is 10.9. The van der Waals surface area contributed by atoms with Crippen LogP contribution >= 0.6 is 0 Å². The Morgan fingerprint density at radius 3 is 2.35 bits per heavy atom. The molecule has 0 N–H and O–H groups in total. The Bertz CT molecular complexity index is 1360. The molecular weight excluding hydrogens is 413 g/mol. The summed E-state index contributed by atoms with van der Waals surface area (Å²) in [5.74, 6) is -0.309. The molecule has 1 aromatic heterocycles. The maximum absolute atomic E-state index is 13.5. The molecule has 1 fully saturated rings. The number of fused-ring (bicyclic) bond motifs is 1. The molecular formula is C24H22FN3O2S. The second kappa shape index (κ2) is 6.92. The Morgan fingerprint density at radius 2 is 1.65 bits per heavy atom. The van der Waals surface area contributed by atoms with Crippen LogP contribution in [0, 0.1) is 5.82 Å². The Morgan fingerprint density at radius 1 is 0.968 bits per heavy atom. The van der Waals surface area contributed by atoms with Gasteiger partial charge in [-0.05, 0) is 68.3 Å². The predicted octanol–water partition coefficient (Wildman–Crippen LogP) is 5.22. The number of rotatable bonds is 3. The van der Waals surface area contributed by atoms with E-state index in [4.69, 9.17) is 0 Å². The van der Waals surface area contributed by atoms with Gasteiger partial charge in [-0.2, -0.15) is 5.10 Å². The Balaban J connectivity index is 1.62. The third kappa shape index (κ3) is 3.11. The summed E-state index contributed by atoms with van der Waals surface area (Å²) in [6, 6.07) is 21.1. The largest absolute Gasteiger partial charge is 0.262 e. The number of aromatic nitrogens is 2. The molecule has 7 heteroatoms. The van der Waals surface area contributed by atoms with Crippen molar-refractivity contribution < 1.29 is 12.8 Å². The first-order chi connectivity index (χ1) is 14.8. The molecule has 0 unspecified atom stereocenters. The van der Waals surface area contributed by atoms with Gasteiger partial charge in [0.05, 0.1) is 33.9 Å². The van der Waals surface area contributed by atoms with E-state index in [2.05, 4.69) is 5.10 Å². The molecule has 3 aromatic carbocycles. The molecule has 1 atom stereocenters. The number of hydrogen-bond acceptors (Lipinski definition) is 3. The van der Waals surface area contributed by atoms with E-state index in [0.29, 0.717) is 12.1 Å². The number of benzene rings is 3. The lowest BCUT2D eigenvalue weighted by atomic mass is 9.96. The van der Waals surface area contributed by atoms with Gasteiger partial charge >= 0.3 is 0 Å². The van der Waals surface area contributed by atoms with Crippen LogP contribution in [0.2, 0.25) is 0 Å². The van der Waals surface area contributed by atoms with Crippen LogP contribution in [-0.2, 0) is 10.0 Å². The van der Waals surface area contributed by atoms with E-state index in [0.717, 1.165) is 22.2 Å². The molecule has 1 aliphatic heterocycles. The van der Waals surface area contributed by atoms with Gasteiger partial charge < -0.3 is 0 Å². The third-order valence-corrected chi connectivity index (χ3v) is 8.53.